The number of carbonyl (C=O) groups excluding carboxylic acids is 2. The first-order valence-corrected chi connectivity index (χ1v) is 15.1. The largest absolute Gasteiger partial charge is 0.478 e. The number of carboxylic acids is 2. The number of amides is 2. The molecule has 8 N–H and O–H groups in total. The van der Waals surface area contributed by atoms with Crippen LogP contribution in [0.4, 0.5) is 10.8 Å². The minimum Gasteiger partial charge on any atom is -0.478 e. The second kappa shape index (κ2) is 14.0. The van der Waals surface area contributed by atoms with Gasteiger partial charge in [0.2, 0.25) is 17.1 Å². The highest BCUT2D eigenvalue weighted by Gasteiger charge is 2.55. The zero-order valence-corrected chi connectivity index (χ0v) is 25.4. The molecule has 2 amide bonds. The summed E-state index contributed by atoms with van der Waals surface area (Å²) in [4.78, 5) is 60.2. The maximum absolute atomic E-state index is 13.2. The number of anilines is 2. The van der Waals surface area contributed by atoms with Crippen LogP contribution in [0, 0.1) is 0 Å². The molecule has 236 valence electrons. The van der Waals surface area contributed by atoms with Crippen LogP contribution in [-0.4, -0.2) is 108 Å². The lowest BCUT2D eigenvalue weighted by atomic mass is 10.0. The maximum atomic E-state index is 13.2. The summed E-state index contributed by atoms with van der Waals surface area (Å²) in [6.07, 6.45) is 3.59. The molecule has 0 spiro atoms. The summed E-state index contributed by atoms with van der Waals surface area (Å²) in [7, 11) is 0. The van der Waals surface area contributed by atoms with Crippen molar-refractivity contribution < 1.29 is 43.9 Å². The van der Waals surface area contributed by atoms with Crippen LogP contribution in [-0.2, 0) is 30.6 Å². The Morgan fingerprint density at radius 3 is 2.57 bits per heavy atom. The highest BCUT2D eigenvalue weighted by atomic mass is 32.2. The van der Waals surface area contributed by atoms with E-state index in [0.29, 0.717) is 25.2 Å². The summed E-state index contributed by atoms with van der Waals surface area (Å²) in [6, 6.07) is 2.59. The van der Waals surface area contributed by atoms with Crippen LogP contribution in [0.3, 0.4) is 0 Å². The molecule has 2 unspecified atom stereocenters. The van der Waals surface area contributed by atoms with Gasteiger partial charge in [-0.15, -0.1) is 11.8 Å². The molecular formula is C25H32N9O8S2+. The molecule has 2 aliphatic heterocycles. The molecule has 0 aliphatic carbocycles. The Hall–Kier alpha value is -4.33. The average molecular weight is 651 g/mol. The van der Waals surface area contributed by atoms with Crippen LogP contribution in [0.2, 0.25) is 0 Å². The molecule has 4 heterocycles. The van der Waals surface area contributed by atoms with Gasteiger partial charge in [-0.2, -0.15) is 9.36 Å². The van der Waals surface area contributed by atoms with Crippen LogP contribution in [0.5, 0.6) is 0 Å². The summed E-state index contributed by atoms with van der Waals surface area (Å²) >= 11 is 2.07. The highest BCUT2D eigenvalue weighted by molar-refractivity contribution is 8.00. The molecule has 2 aliphatic rings. The lowest BCUT2D eigenvalue weighted by Crippen LogP contribution is -2.71. The van der Waals surface area contributed by atoms with Gasteiger partial charge in [0.05, 0.1) is 6.61 Å². The van der Waals surface area contributed by atoms with E-state index < -0.39 is 46.5 Å². The quantitative estimate of drug-likeness (QED) is 0.0378. The van der Waals surface area contributed by atoms with Crippen molar-refractivity contribution >= 4 is 63.6 Å². The summed E-state index contributed by atoms with van der Waals surface area (Å²) in [6.45, 7) is 4.59. The van der Waals surface area contributed by atoms with Crippen molar-refractivity contribution in [1.29, 1.82) is 0 Å². The third-order valence-corrected chi connectivity index (χ3v) is 8.35. The number of thioether (sulfide) groups is 1. The van der Waals surface area contributed by atoms with Crippen molar-refractivity contribution in [2.45, 2.75) is 37.4 Å². The fourth-order valence-corrected chi connectivity index (χ4v) is 5.90. The van der Waals surface area contributed by atoms with Crippen LogP contribution < -0.4 is 26.3 Å². The van der Waals surface area contributed by atoms with Gasteiger partial charge < -0.3 is 41.8 Å². The summed E-state index contributed by atoms with van der Waals surface area (Å²) in [5.74, 6) is -4.12. The molecule has 0 aromatic carbocycles. The Labute approximate surface area is 259 Å². The van der Waals surface area contributed by atoms with E-state index in [1.54, 1.807) is 17.0 Å². The van der Waals surface area contributed by atoms with Gasteiger partial charge in [0.25, 0.3) is 11.8 Å². The van der Waals surface area contributed by atoms with Gasteiger partial charge in [0.15, 0.2) is 24.1 Å². The molecule has 0 radical (unpaired) electrons. The Morgan fingerprint density at radius 1 is 1.23 bits per heavy atom. The number of rotatable bonds is 15. The predicted octanol–water partition coefficient (Wildman–Crippen LogP) is -1.58. The van der Waals surface area contributed by atoms with Crippen molar-refractivity contribution in [3.05, 3.63) is 41.6 Å². The van der Waals surface area contributed by atoms with E-state index in [4.69, 9.17) is 15.7 Å². The van der Waals surface area contributed by atoms with Crippen molar-refractivity contribution in [3.63, 3.8) is 0 Å². The second-order valence-electron chi connectivity index (χ2n) is 10.1. The van der Waals surface area contributed by atoms with Gasteiger partial charge in [-0.1, -0.05) is 5.16 Å². The Morgan fingerprint density at radius 2 is 1.95 bits per heavy atom. The van der Waals surface area contributed by atoms with Crippen LogP contribution in [0.1, 0.15) is 19.7 Å². The number of aromatic nitrogens is 3. The molecule has 1 saturated heterocycles. The van der Waals surface area contributed by atoms with E-state index in [-0.39, 0.29) is 35.6 Å². The zero-order valence-electron chi connectivity index (χ0n) is 23.7. The van der Waals surface area contributed by atoms with E-state index in [0.717, 1.165) is 22.1 Å². The number of fused-ring (bicyclic) bond motifs is 1. The number of aliphatic hydroxyl groups excluding tert-OH is 1. The van der Waals surface area contributed by atoms with E-state index in [2.05, 4.69) is 30.5 Å². The second-order valence-corrected chi connectivity index (χ2v) is 12.0. The third kappa shape index (κ3) is 7.41. The fraction of sp³-hybridized carbons (Fsp3) is 0.440. The number of nitrogens with two attached hydrogens (primary N) is 1. The molecule has 19 heteroatoms. The Bertz CT molecular complexity index is 1480. The van der Waals surface area contributed by atoms with E-state index in [9.17, 15) is 29.4 Å². The SMILES string of the molecule is CC(C)(ON=C(C(=O)NC1C(=O)N2C(C(=O)O)=C(C[n+]3ccc(NCCNCCO)cc3)CSC12)c1nsc(N)n1)C(=O)O. The first kappa shape index (κ1) is 32.6. The van der Waals surface area contributed by atoms with Gasteiger partial charge in [0.1, 0.15) is 17.1 Å². The predicted molar refractivity (Wildman–Crippen MR) is 158 cm³/mol. The first-order valence-electron chi connectivity index (χ1n) is 13.3. The lowest BCUT2D eigenvalue weighted by molar-refractivity contribution is -0.688. The van der Waals surface area contributed by atoms with Crippen LogP contribution in [0.15, 0.2) is 41.0 Å². The number of aliphatic hydroxyl groups is 1. The third-order valence-electron chi connectivity index (χ3n) is 6.47. The van der Waals surface area contributed by atoms with Crippen LogP contribution >= 0.6 is 23.3 Å². The molecule has 2 aromatic heterocycles. The number of carboxylic acid groups (broad SMARTS) is 2. The summed E-state index contributed by atoms with van der Waals surface area (Å²) < 4.78 is 5.73. The normalized spacial score (nSPS) is 18.4. The Balaban J connectivity index is 1.45. The molecule has 2 atom stereocenters. The maximum Gasteiger partial charge on any atom is 0.352 e. The fourth-order valence-electron chi connectivity index (χ4n) is 4.13. The number of aliphatic carboxylic acids is 2. The topological polar surface area (TPSA) is 246 Å². The molecule has 4 rings (SSSR count). The zero-order chi connectivity index (χ0) is 32.0. The number of hydrogen-bond acceptors (Lipinski definition) is 14. The molecule has 17 nitrogen and oxygen atoms in total. The molecule has 44 heavy (non-hydrogen) atoms. The monoisotopic (exact) mass is 650 g/mol. The standard InChI is InChI=1S/C25H31N9O8S2/c1-25(2,23(40)41)42-31-15(18-30-24(26)44-32-18)19(36)29-16-20(37)34-17(22(38)39)13(12-43-21(16)34)11-33-8-3-14(4-9-33)28-6-5-27-7-10-35/h3-4,8-9,16,21,27,35H,5-7,10-12H2,1-2H3,(H5,26,29,30,32,36,38,39,40,41)/p+1. The molecule has 1 fully saturated rings. The van der Waals surface area contributed by atoms with Gasteiger partial charge in [0, 0.05) is 60.3 Å². The number of pyridine rings is 1. The van der Waals surface area contributed by atoms with E-state index in [1.165, 1.54) is 25.6 Å². The number of nitrogens with one attached hydrogen (secondary N) is 3. The van der Waals surface area contributed by atoms with Gasteiger partial charge in [-0.25, -0.2) is 14.2 Å². The Kier molecular flexibility index (Phi) is 10.3. The molecule has 0 bridgehead atoms. The average Bonchev–Trinajstić information content (AvgIpc) is 3.41. The van der Waals surface area contributed by atoms with Crippen molar-refractivity contribution in [1.82, 2.24) is 24.9 Å². The smallest absolute Gasteiger partial charge is 0.352 e. The van der Waals surface area contributed by atoms with Gasteiger partial charge in [-0.05, 0) is 13.8 Å². The molecule has 0 saturated carbocycles. The summed E-state index contributed by atoms with van der Waals surface area (Å²) in [5.41, 5.74) is 4.58. The highest BCUT2D eigenvalue weighted by Crippen LogP contribution is 2.40. The number of carbonyl (C=O) groups is 4. The van der Waals surface area contributed by atoms with Gasteiger partial charge >= 0.3 is 11.9 Å². The van der Waals surface area contributed by atoms with Crippen molar-refractivity contribution in [2.24, 2.45) is 5.16 Å². The number of nitrogens with zero attached hydrogens (tertiary/aromatic N) is 5. The lowest BCUT2D eigenvalue weighted by Gasteiger charge is -2.49. The van der Waals surface area contributed by atoms with Gasteiger partial charge in [-0.3, -0.25) is 14.5 Å². The summed E-state index contributed by atoms with van der Waals surface area (Å²) in [5, 5.41) is 40.0. The van der Waals surface area contributed by atoms with E-state index in [1.807, 2.05) is 12.1 Å². The van der Waals surface area contributed by atoms with Crippen LogP contribution in [0.25, 0.3) is 0 Å². The van der Waals surface area contributed by atoms with Crippen molar-refractivity contribution in [2.75, 3.05) is 43.0 Å². The minimum atomic E-state index is -1.79. The number of β-lactam (4-membered cyclic amide) rings is 1. The number of hydrogen-bond donors (Lipinski definition) is 7. The molecule has 2 aromatic rings. The number of nitrogen functional groups attached to an aromatic ring is 1. The minimum absolute atomic E-state index is 0.0193. The molecular weight excluding hydrogens is 618 g/mol. The first-order chi connectivity index (χ1) is 20.9. The van der Waals surface area contributed by atoms with Crippen molar-refractivity contribution in [3.8, 4) is 0 Å². The number of oxime groups is 1. The van der Waals surface area contributed by atoms with E-state index >= 15 is 0 Å².